The summed E-state index contributed by atoms with van der Waals surface area (Å²) in [5.74, 6) is 2.64. The van der Waals surface area contributed by atoms with Crippen LogP contribution in [0, 0.1) is 11.8 Å². The largest absolute Gasteiger partial charge is 0.301 e. The fourth-order valence-electron chi connectivity index (χ4n) is 1.64. The lowest BCUT2D eigenvalue weighted by molar-refractivity contribution is 0.572. The molecule has 0 radical (unpaired) electrons. The predicted molar refractivity (Wildman–Crippen MR) is 51.7 cm³/mol. The van der Waals surface area contributed by atoms with Crippen molar-refractivity contribution in [3.63, 3.8) is 0 Å². The lowest BCUT2D eigenvalue weighted by Crippen LogP contribution is -2.05. The fraction of sp³-hybridized carbons (Fsp3) is 0.778. The SMILES string of the molecule is CCc1nnc(Cl)n1CC1CC1C. The zero-order valence-corrected chi connectivity index (χ0v) is 8.75. The Balaban J connectivity index is 2.13. The summed E-state index contributed by atoms with van der Waals surface area (Å²) < 4.78 is 2.04. The molecule has 3 nitrogen and oxygen atoms in total. The van der Waals surface area contributed by atoms with Crippen LogP contribution in [0.2, 0.25) is 5.28 Å². The van der Waals surface area contributed by atoms with Gasteiger partial charge in [0.25, 0.3) is 0 Å². The van der Waals surface area contributed by atoms with Crippen molar-refractivity contribution in [3.8, 4) is 0 Å². The molecule has 0 saturated heterocycles. The smallest absolute Gasteiger partial charge is 0.225 e. The summed E-state index contributed by atoms with van der Waals surface area (Å²) in [4.78, 5) is 0. The Morgan fingerprint density at radius 3 is 2.77 bits per heavy atom. The molecule has 2 rings (SSSR count). The van der Waals surface area contributed by atoms with Gasteiger partial charge in [0, 0.05) is 13.0 Å². The van der Waals surface area contributed by atoms with E-state index >= 15 is 0 Å². The molecule has 1 aromatic heterocycles. The van der Waals surface area contributed by atoms with Crippen LogP contribution in [0.15, 0.2) is 0 Å². The van der Waals surface area contributed by atoms with E-state index in [0.717, 1.165) is 30.6 Å². The van der Waals surface area contributed by atoms with E-state index < -0.39 is 0 Å². The lowest BCUT2D eigenvalue weighted by Gasteiger charge is -2.04. The maximum atomic E-state index is 5.93. The second-order valence-corrected chi connectivity index (χ2v) is 4.16. The first-order chi connectivity index (χ1) is 6.22. The van der Waals surface area contributed by atoms with Crippen molar-refractivity contribution in [2.75, 3.05) is 0 Å². The van der Waals surface area contributed by atoms with E-state index in [-0.39, 0.29) is 0 Å². The van der Waals surface area contributed by atoms with Crippen LogP contribution in [-0.2, 0) is 13.0 Å². The molecular weight excluding hydrogens is 186 g/mol. The molecule has 0 amide bonds. The zero-order valence-electron chi connectivity index (χ0n) is 8.00. The summed E-state index contributed by atoms with van der Waals surface area (Å²) >= 11 is 5.93. The van der Waals surface area contributed by atoms with Gasteiger partial charge in [-0.05, 0) is 29.9 Å². The van der Waals surface area contributed by atoms with Crippen molar-refractivity contribution in [3.05, 3.63) is 11.1 Å². The minimum Gasteiger partial charge on any atom is -0.301 e. The maximum absolute atomic E-state index is 5.93. The normalized spacial score (nSPS) is 26.4. The van der Waals surface area contributed by atoms with Crippen LogP contribution < -0.4 is 0 Å². The molecule has 1 heterocycles. The number of halogens is 1. The Morgan fingerprint density at radius 2 is 2.23 bits per heavy atom. The second kappa shape index (κ2) is 3.29. The van der Waals surface area contributed by atoms with E-state index in [0.29, 0.717) is 5.28 Å². The van der Waals surface area contributed by atoms with Crippen molar-refractivity contribution < 1.29 is 0 Å². The van der Waals surface area contributed by atoms with Crippen molar-refractivity contribution in [1.82, 2.24) is 14.8 Å². The first-order valence-corrected chi connectivity index (χ1v) is 5.17. The molecule has 1 fully saturated rings. The van der Waals surface area contributed by atoms with Crippen LogP contribution in [0.5, 0.6) is 0 Å². The van der Waals surface area contributed by atoms with Gasteiger partial charge in [-0.3, -0.25) is 0 Å². The third-order valence-corrected chi connectivity index (χ3v) is 3.07. The molecule has 0 bridgehead atoms. The van der Waals surface area contributed by atoms with Gasteiger partial charge >= 0.3 is 0 Å². The lowest BCUT2D eigenvalue weighted by atomic mass is 10.3. The zero-order chi connectivity index (χ0) is 9.42. The van der Waals surface area contributed by atoms with E-state index in [1.165, 1.54) is 6.42 Å². The van der Waals surface area contributed by atoms with E-state index in [1.807, 2.05) is 4.57 Å². The van der Waals surface area contributed by atoms with Crippen molar-refractivity contribution in [1.29, 1.82) is 0 Å². The van der Waals surface area contributed by atoms with Gasteiger partial charge in [0.05, 0.1) is 0 Å². The van der Waals surface area contributed by atoms with Crippen LogP contribution >= 0.6 is 11.6 Å². The highest BCUT2D eigenvalue weighted by molar-refractivity contribution is 6.28. The molecule has 0 spiro atoms. The first-order valence-electron chi connectivity index (χ1n) is 4.80. The highest BCUT2D eigenvalue weighted by Gasteiger charge is 2.33. The average Bonchev–Trinajstić information content (AvgIpc) is 2.68. The number of nitrogens with zero attached hydrogens (tertiary/aromatic N) is 3. The second-order valence-electron chi connectivity index (χ2n) is 3.82. The van der Waals surface area contributed by atoms with Gasteiger partial charge < -0.3 is 4.57 Å². The fourth-order valence-corrected chi connectivity index (χ4v) is 1.85. The molecule has 13 heavy (non-hydrogen) atoms. The van der Waals surface area contributed by atoms with Gasteiger partial charge in [-0.1, -0.05) is 13.8 Å². The molecule has 72 valence electrons. The standard InChI is InChI=1S/C9H14ClN3/c1-3-8-11-12-9(10)13(8)5-7-4-6(7)2/h6-7H,3-5H2,1-2H3. The maximum Gasteiger partial charge on any atom is 0.225 e. The van der Waals surface area contributed by atoms with Gasteiger partial charge in [-0.25, -0.2) is 0 Å². The Kier molecular flexibility index (Phi) is 2.28. The van der Waals surface area contributed by atoms with Crippen molar-refractivity contribution in [2.45, 2.75) is 33.2 Å². The van der Waals surface area contributed by atoms with Gasteiger partial charge in [0.2, 0.25) is 5.28 Å². The summed E-state index contributed by atoms with van der Waals surface area (Å²) in [5.41, 5.74) is 0. The monoisotopic (exact) mass is 199 g/mol. The molecular formula is C9H14ClN3. The Hall–Kier alpha value is -0.570. The molecule has 1 aromatic rings. The van der Waals surface area contributed by atoms with Gasteiger partial charge in [0.15, 0.2) is 0 Å². The quantitative estimate of drug-likeness (QED) is 0.747. The number of aromatic nitrogens is 3. The predicted octanol–water partition coefficient (Wildman–Crippen LogP) is 2.15. The minimum atomic E-state index is 0.538. The van der Waals surface area contributed by atoms with Crippen molar-refractivity contribution in [2.24, 2.45) is 11.8 Å². The van der Waals surface area contributed by atoms with Crippen LogP contribution in [0.4, 0.5) is 0 Å². The summed E-state index contributed by atoms with van der Waals surface area (Å²) in [6.45, 7) is 5.35. The third kappa shape index (κ3) is 1.70. The van der Waals surface area contributed by atoms with Crippen LogP contribution in [0.25, 0.3) is 0 Å². The molecule has 1 aliphatic carbocycles. The number of hydrogen-bond donors (Lipinski definition) is 0. The van der Waals surface area contributed by atoms with Crippen LogP contribution in [0.1, 0.15) is 26.1 Å². The van der Waals surface area contributed by atoms with Crippen LogP contribution in [-0.4, -0.2) is 14.8 Å². The summed E-state index contributed by atoms with van der Waals surface area (Å²) in [6, 6.07) is 0. The highest BCUT2D eigenvalue weighted by Crippen LogP contribution is 2.39. The van der Waals surface area contributed by atoms with E-state index in [2.05, 4.69) is 24.0 Å². The molecule has 0 aromatic carbocycles. The number of hydrogen-bond acceptors (Lipinski definition) is 2. The number of aryl methyl sites for hydroxylation is 1. The van der Waals surface area contributed by atoms with Gasteiger partial charge in [0.1, 0.15) is 5.82 Å². The van der Waals surface area contributed by atoms with E-state index in [4.69, 9.17) is 11.6 Å². The highest BCUT2D eigenvalue weighted by atomic mass is 35.5. The summed E-state index contributed by atoms with van der Waals surface area (Å²) in [5, 5.41) is 8.43. The molecule has 2 atom stereocenters. The third-order valence-electron chi connectivity index (χ3n) is 2.79. The van der Waals surface area contributed by atoms with Gasteiger partial charge in [-0.2, -0.15) is 0 Å². The minimum absolute atomic E-state index is 0.538. The average molecular weight is 200 g/mol. The van der Waals surface area contributed by atoms with Gasteiger partial charge in [-0.15, -0.1) is 10.2 Å². The molecule has 4 heteroatoms. The topological polar surface area (TPSA) is 30.7 Å². The van der Waals surface area contributed by atoms with E-state index in [9.17, 15) is 0 Å². The molecule has 0 N–H and O–H groups in total. The molecule has 1 aliphatic rings. The molecule has 1 saturated carbocycles. The Bertz CT molecular complexity index is 308. The first kappa shape index (κ1) is 9.00. The van der Waals surface area contributed by atoms with Crippen LogP contribution in [0.3, 0.4) is 0 Å². The number of rotatable bonds is 3. The molecule has 0 aliphatic heterocycles. The summed E-state index contributed by atoms with van der Waals surface area (Å²) in [7, 11) is 0. The Morgan fingerprint density at radius 1 is 1.54 bits per heavy atom. The van der Waals surface area contributed by atoms with E-state index in [1.54, 1.807) is 0 Å². The Labute approximate surface area is 83.1 Å². The molecule has 2 unspecified atom stereocenters. The summed E-state index contributed by atoms with van der Waals surface area (Å²) in [6.07, 6.45) is 2.22. The van der Waals surface area contributed by atoms with Crippen molar-refractivity contribution >= 4 is 11.6 Å².